The normalized spacial score (nSPS) is 11.7. The van der Waals surface area contributed by atoms with Gasteiger partial charge in [-0.05, 0) is 24.6 Å². The van der Waals surface area contributed by atoms with Crippen LogP contribution in [0.1, 0.15) is 23.2 Å². The van der Waals surface area contributed by atoms with Gasteiger partial charge in [0.15, 0.2) is 0 Å². The van der Waals surface area contributed by atoms with E-state index in [2.05, 4.69) is 5.32 Å². The van der Waals surface area contributed by atoms with Crippen molar-refractivity contribution in [3.05, 3.63) is 33.8 Å². The summed E-state index contributed by atoms with van der Waals surface area (Å²) in [6, 6.07) is 2.99. The minimum atomic E-state index is -1.26. The quantitative estimate of drug-likeness (QED) is 0.737. The number of hydrogen-bond acceptors (Lipinski definition) is 3. The second-order valence-corrected chi connectivity index (χ2v) is 4.84. The fourth-order valence-electron chi connectivity index (χ4n) is 1.45. The lowest BCUT2D eigenvalue weighted by molar-refractivity contribution is -0.139. The molecular formula is C12H12Cl2N2O4. The van der Waals surface area contributed by atoms with E-state index in [1.807, 2.05) is 0 Å². The molecule has 0 unspecified atom stereocenters. The molecule has 1 aromatic carbocycles. The van der Waals surface area contributed by atoms with Gasteiger partial charge in [0, 0.05) is 11.4 Å². The molecule has 2 amide bonds. The van der Waals surface area contributed by atoms with Gasteiger partial charge in [-0.25, -0.2) is 4.79 Å². The molecule has 0 aliphatic rings. The number of rotatable bonds is 6. The third-order valence-electron chi connectivity index (χ3n) is 2.46. The highest BCUT2D eigenvalue weighted by Gasteiger charge is 2.22. The van der Waals surface area contributed by atoms with Crippen LogP contribution < -0.4 is 11.1 Å². The minimum Gasteiger partial charge on any atom is -0.480 e. The van der Waals surface area contributed by atoms with E-state index in [1.54, 1.807) is 0 Å². The van der Waals surface area contributed by atoms with Crippen molar-refractivity contribution in [3.8, 4) is 0 Å². The lowest BCUT2D eigenvalue weighted by Gasteiger charge is -2.14. The van der Waals surface area contributed by atoms with Crippen LogP contribution in [0.15, 0.2) is 18.2 Å². The Kier molecular flexibility index (Phi) is 5.79. The van der Waals surface area contributed by atoms with E-state index in [-0.39, 0.29) is 23.4 Å². The fourth-order valence-corrected chi connectivity index (χ4v) is 1.95. The van der Waals surface area contributed by atoms with Gasteiger partial charge in [-0.1, -0.05) is 23.2 Å². The van der Waals surface area contributed by atoms with Crippen LogP contribution in [0, 0.1) is 0 Å². The molecule has 0 fully saturated rings. The summed E-state index contributed by atoms with van der Waals surface area (Å²) in [6.07, 6.45) is -0.243. The smallest absolute Gasteiger partial charge is 0.326 e. The largest absolute Gasteiger partial charge is 0.480 e. The summed E-state index contributed by atoms with van der Waals surface area (Å²) < 4.78 is 0. The second-order valence-electron chi connectivity index (χ2n) is 3.99. The number of aliphatic carboxylic acids is 1. The van der Waals surface area contributed by atoms with Crippen LogP contribution in [0.25, 0.3) is 0 Å². The first-order chi connectivity index (χ1) is 9.31. The predicted molar refractivity (Wildman–Crippen MR) is 73.8 cm³/mol. The van der Waals surface area contributed by atoms with Gasteiger partial charge in [-0.3, -0.25) is 9.59 Å². The van der Waals surface area contributed by atoms with Crippen LogP contribution in [-0.4, -0.2) is 28.9 Å². The van der Waals surface area contributed by atoms with Crippen LogP contribution in [0.5, 0.6) is 0 Å². The highest BCUT2D eigenvalue weighted by Crippen LogP contribution is 2.21. The average Bonchev–Trinajstić information content (AvgIpc) is 2.33. The topological polar surface area (TPSA) is 109 Å². The first kappa shape index (κ1) is 16.3. The molecule has 0 heterocycles. The Morgan fingerprint density at radius 2 is 1.95 bits per heavy atom. The predicted octanol–water partition coefficient (Wildman–Crippen LogP) is 1.44. The zero-order chi connectivity index (χ0) is 15.3. The molecule has 1 atom stereocenters. The van der Waals surface area contributed by atoms with Crippen molar-refractivity contribution in [2.75, 3.05) is 0 Å². The standard InChI is InChI=1S/C12H12Cl2N2O4/c13-6-1-2-7(8(14)5-6)11(18)16-9(12(19)20)3-4-10(15)17/h1-2,5,9H,3-4H2,(H2,15,17)(H,16,18)(H,19,20)/t9-/m1/s1. The van der Waals surface area contributed by atoms with E-state index in [0.29, 0.717) is 5.02 Å². The second kappa shape index (κ2) is 7.12. The molecule has 0 aliphatic carbocycles. The third-order valence-corrected chi connectivity index (χ3v) is 3.01. The van der Waals surface area contributed by atoms with E-state index in [1.165, 1.54) is 18.2 Å². The molecule has 8 heteroatoms. The number of nitrogens with one attached hydrogen (secondary N) is 1. The van der Waals surface area contributed by atoms with Crippen molar-refractivity contribution < 1.29 is 19.5 Å². The molecule has 0 saturated carbocycles. The molecule has 4 N–H and O–H groups in total. The number of carbonyl (C=O) groups excluding carboxylic acids is 2. The third kappa shape index (κ3) is 4.71. The maximum Gasteiger partial charge on any atom is 0.326 e. The number of nitrogens with two attached hydrogens (primary N) is 1. The number of hydrogen-bond donors (Lipinski definition) is 3. The number of carboxylic acid groups (broad SMARTS) is 1. The Balaban J connectivity index is 2.80. The molecule has 20 heavy (non-hydrogen) atoms. The molecule has 0 spiro atoms. The Morgan fingerprint density at radius 1 is 1.30 bits per heavy atom. The lowest BCUT2D eigenvalue weighted by Crippen LogP contribution is -2.41. The summed E-state index contributed by atoms with van der Waals surface area (Å²) in [5.41, 5.74) is 5.04. The van der Waals surface area contributed by atoms with Crippen LogP contribution in [0.2, 0.25) is 10.0 Å². The number of carboxylic acids is 1. The summed E-state index contributed by atoms with van der Waals surface area (Å²) in [7, 11) is 0. The highest BCUT2D eigenvalue weighted by molar-refractivity contribution is 6.36. The monoisotopic (exact) mass is 318 g/mol. The van der Waals surface area contributed by atoms with Crippen molar-refractivity contribution in [2.45, 2.75) is 18.9 Å². The van der Waals surface area contributed by atoms with Crippen molar-refractivity contribution in [1.29, 1.82) is 0 Å². The summed E-state index contributed by atoms with van der Waals surface area (Å²) in [5, 5.41) is 11.7. The number of amides is 2. The highest BCUT2D eigenvalue weighted by atomic mass is 35.5. The average molecular weight is 319 g/mol. The minimum absolute atomic E-state index is 0.0956. The maximum absolute atomic E-state index is 11.9. The van der Waals surface area contributed by atoms with Gasteiger partial charge in [0.2, 0.25) is 5.91 Å². The van der Waals surface area contributed by atoms with Gasteiger partial charge in [0.1, 0.15) is 6.04 Å². The summed E-state index contributed by atoms with van der Waals surface area (Å²) >= 11 is 11.5. The molecule has 0 saturated heterocycles. The van der Waals surface area contributed by atoms with E-state index in [4.69, 9.17) is 34.0 Å². The molecule has 1 aromatic rings. The first-order valence-corrected chi connectivity index (χ1v) is 6.34. The summed E-state index contributed by atoms with van der Waals surface area (Å²) in [6.45, 7) is 0. The summed E-state index contributed by atoms with van der Waals surface area (Å²) in [5.74, 6) is -2.57. The van der Waals surface area contributed by atoms with Gasteiger partial charge >= 0.3 is 5.97 Å². The Bertz CT molecular complexity index is 548. The molecule has 6 nitrogen and oxygen atoms in total. The molecular weight excluding hydrogens is 307 g/mol. The fraction of sp³-hybridized carbons (Fsp3) is 0.250. The molecule has 108 valence electrons. The zero-order valence-corrected chi connectivity index (χ0v) is 11.7. The number of benzene rings is 1. The van der Waals surface area contributed by atoms with Crippen LogP contribution in [-0.2, 0) is 9.59 Å². The van der Waals surface area contributed by atoms with Crippen molar-refractivity contribution in [1.82, 2.24) is 5.32 Å². The Morgan fingerprint density at radius 3 is 2.45 bits per heavy atom. The van der Waals surface area contributed by atoms with Crippen LogP contribution >= 0.6 is 23.2 Å². The van der Waals surface area contributed by atoms with Gasteiger partial charge in [-0.15, -0.1) is 0 Å². The van der Waals surface area contributed by atoms with Crippen molar-refractivity contribution >= 4 is 41.0 Å². The molecule has 1 rings (SSSR count). The van der Waals surface area contributed by atoms with Gasteiger partial charge in [0.05, 0.1) is 10.6 Å². The Labute approximate surface area is 124 Å². The summed E-state index contributed by atoms with van der Waals surface area (Å²) in [4.78, 5) is 33.6. The lowest BCUT2D eigenvalue weighted by atomic mass is 10.1. The Hall–Kier alpha value is -1.79. The van der Waals surface area contributed by atoms with E-state index >= 15 is 0 Å². The number of halogens is 2. The zero-order valence-electron chi connectivity index (χ0n) is 10.2. The molecule has 0 radical (unpaired) electrons. The SMILES string of the molecule is NC(=O)CC[C@@H](NC(=O)c1ccc(Cl)cc1Cl)C(=O)O. The molecule has 0 bridgehead atoms. The van der Waals surface area contributed by atoms with Crippen molar-refractivity contribution in [3.63, 3.8) is 0 Å². The van der Waals surface area contributed by atoms with Gasteiger partial charge < -0.3 is 16.2 Å². The van der Waals surface area contributed by atoms with Gasteiger partial charge in [-0.2, -0.15) is 0 Å². The van der Waals surface area contributed by atoms with Gasteiger partial charge in [0.25, 0.3) is 5.91 Å². The van der Waals surface area contributed by atoms with Crippen LogP contribution in [0.4, 0.5) is 0 Å². The van der Waals surface area contributed by atoms with E-state index in [9.17, 15) is 14.4 Å². The van der Waals surface area contributed by atoms with E-state index in [0.717, 1.165) is 0 Å². The van der Waals surface area contributed by atoms with E-state index < -0.39 is 23.8 Å². The first-order valence-electron chi connectivity index (χ1n) is 5.58. The number of primary amides is 1. The molecule has 0 aliphatic heterocycles. The van der Waals surface area contributed by atoms with Crippen molar-refractivity contribution in [2.24, 2.45) is 5.73 Å². The molecule has 0 aromatic heterocycles. The maximum atomic E-state index is 11.9. The number of carbonyl (C=O) groups is 3. The van der Waals surface area contributed by atoms with Crippen LogP contribution in [0.3, 0.4) is 0 Å².